The highest BCUT2D eigenvalue weighted by molar-refractivity contribution is 5.92. The Balaban J connectivity index is 1.57. The minimum Gasteiger partial charge on any atom is -0.337 e. The highest BCUT2D eigenvalue weighted by Crippen LogP contribution is 2.33. The van der Waals surface area contributed by atoms with Crippen molar-refractivity contribution in [3.05, 3.63) is 60.2 Å². The summed E-state index contributed by atoms with van der Waals surface area (Å²) < 4.78 is 0. The summed E-state index contributed by atoms with van der Waals surface area (Å²) in [5.74, 6) is 0.279. The van der Waals surface area contributed by atoms with Gasteiger partial charge in [-0.25, -0.2) is 0 Å². The lowest BCUT2D eigenvalue weighted by molar-refractivity contribution is 0.0700. The lowest BCUT2D eigenvalue weighted by Gasteiger charge is -2.32. The van der Waals surface area contributed by atoms with Crippen LogP contribution in [0.1, 0.15) is 34.9 Å². The van der Waals surface area contributed by atoms with E-state index in [2.05, 4.69) is 32.5 Å². The van der Waals surface area contributed by atoms with Crippen molar-refractivity contribution < 1.29 is 4.79 Å². The van der Waals surface area contributed by atoms with Gasteiger partial charge in [0.05, 0.1) is 6.20 Å². The molecule has 0 aliphatic carbocycles. The Morgan fingerprint density at radius 3 is 2.79 bits per heavy atom. The maximum atomic E-state index is 12.6. The van der Waals surface area contributed by atoms with Gasteiger partial charge in [-0.05, 0) is 24.5 Å². The van der Waals surface area contributed by atoms with Crippen LogP contribution in [-0.2, 0) is 0 Å². The van der Waals surface area contributed by atoms with E-state index < -0.39 is 0 Å². The average Bonchev–Trinajstić information content (AvgIpc) is 3.34. The van der Waals surface area contributed by atoms with Gasteiger partial charge in [-0.15, -0.1) is 0 Å². The van der Waals surface area contributed by atoms with Crippen LogP contribution in [0.2, 0.25) is 0 Å². The molecule has 3 aromatic rings. The number of nitrogens with zero attached hydrogens (tertiary/aromatic N) is 3. The average molecular weight is 321 g/mol. The molecule has 4 rings (SSSR count). The van der Waals surface area contributed by atoms with Crippen molar-refractivity contribution in [2.75, 3.05) is 13.1 Å². The summed E-state index contributed by atoms with van der Waals surface area (Å²) in [6, 6.07) is 12.0. The lowest BCUT2D eigenvalue weighted by atomic mass is 9.90. The molecular formula is C18H19N5O. The van der Waals surface area contributed by atoms with Crippen molar-refractivity contribution in [1.82, 2.24) is 25.3 Å². The summed E-state index contributed by atoms with van der Waals surface area (Å²) >= 11 is 0. The van der Waals surface area contributed by atoms with E-state index >= 15 is 0 Å². The summed E-state index contributed by atoms with van der Waals surface area (Å²) in [7, 11) is 0. The molecule has 122 valence electrons. The standard InChI is InChI=1S/C18H19N5O/c24-18(16-8-9-19-21-16)23-10-4-7-14(12-23)17-15(11-20-22-17)13-5-2-1-3-6-13/h1-3,5-6,8-9,11,14H,4,7,10,12H2,(H,19,21)(H,20,22). The molecule has 0 radical (unpaired) electrons. The first kappa shape index (κ1) is 14.7. The fourth-order valence-electron chi connectivity index (χ4n) is 3.40. The van der Waals surface area contributed by atoms with Crippen LogP contribution in [0.4, 0.5) is 0 Å². The fraction of sp³-hybridized carbons (Fsp3) is 0.278. The third kappa shape index (κ3) is 2.71. The Bertz CT molecular complexity index is 809. The van der Waals surface area contributed by atoms with Crippen LogP contribution in [0.25, 0.3) is 11.1 Å². The molecule has 3 heterocycles. The van der Waals surface area contributed by atoms with Gasteiger partial charge in [-0.2, -0.15) is 10.2 Å². The molecule has 1 atom stereocenters. The van der Waals surface area contributed by atoms with Gasteiger partial charge in [0, 0.05) is 36.5 Å². The second-order valence-corrected chi connectivity index (χ2v) is 6.12. The monoisotopic (exact) mass is 321 g/mol. The Morgan fingerprint density at radius 1 is 1.12 bits per heavy atom. The van der Waals surface area contributed by atoms with Gasteiger partial charge in [0.1, 0.15) is 5.69 Å². The maximum Gasteiger partial charge on any atom is 0.271 e. The number of piperidine rings is 1. The van der Waals surface area contributed by atoms with E-state index in [0.29, 0.717) is 12.2 Å². The molecule has 1 unspecified atom stereocenters. The summed E-state index contributed by atoms with van der Waals surface area (Å²) in [5, 5.41) is 14.0. The van der Waals surface area contributed by atoms with E-state index in [4.69, 9.17) is 0 Å². The zero-order chi connectivity index (χ0) is 16.4. The number of rotatable bonds is 3. The van der Waals surface area contributed by atoms with Crippen LogP contribution >= 0.6 is 0 Å². The highest BCUT2D eigenvalue weighted by Gasteiger charge is 2.28. The van der Waals surface area contributed by atoms with Crippen molar-refractivity contribution in [1.29, 1.82) is 0 Å². The Hall–Kier alpha value is -2.89. The minimum absolute atomic E-state index is 0.0120. The second-order valence-electron chi connectivity index (χ2n) is 6.12. The van der Waals surface area contributed by atoms with Crippen molar-refractivity contribution >= 4 is 5.91 Å². The smallest absolute Gasteiger partial charge is 0.271 e. The minimum atomic E-state index is 0.0120. The summed E-state index contributed by atoms with van der Waals surface area (Å²) in [5.41, 5.74) is 3.93. The Morgan fingerprint density at radius 2 is 2.00 bits per heavy atom. The quantitative estimate of drug-likeness (QED) is 0.778. The van der Waals surface area contributed by atoms with Crippen LogP contribution in [0, 0.1) is 0 Å². The SMILES string of the molecule is O=C(c1ccn[nH]1)N1CCCC(c2[nH]ncc2-c2ccccc2)C1. The largest absolute Gasteiger partial charge is 0.337 e. The van der Waals surface area contributed by atoms with Crippen molar-refractivity contribution in [2.24, 2.45) is 0 Å². The molecule has 1 amide bonds. The highest BCUT2D eigenvalue weighted by atomic mass is 16.2. The molecule has 2 N–H and O–H groups in total. The van der Waals surface area contributed by atoms with Crippen LogP contribution in [0.3, 0.4) is 0 Å². The van der Waals surface area contributed by atoms with Gasteiger partial charge in [0.15, 0.2) is 0 Å². The summed E-state index contributed by atoms with van der Waals surface area (Å²) in [4.78, 5) is 14.5. The van der Waals surface area contributed by atoms with Crippen molar-refractivity contribution in [3.8, 4) is 11.1 Å². The van der Waals surface area contributed by atoms with Crippen LogP contribution < -0.4 is 0 Å². The molecule has 1 fully saturated rings. The van der Waals surface area contributed by atoms with E-state index in [1.54, 1.807) is 12.3 Å². The third-order valence-corrected chi connectivity index (χ3v) is 4.60. The molecule has 6 heteroatoms. The zero-order valence-corrected chi connectivity index (χ0v) is 13.3. The van der Waals surface area contributed by atoms with Crippen molar-refractivity contribution in [2.45, 2.75) is 18.8 Å². The molecule has 24 heavy (non-hydrogen) atoms. The van der Waals surface area contributed by atoms with E-state index in [1.165, 1.54) is 0 Å². The first-order valence-electron chi connectivity index (χ1n) is 8.20. The number of amides is 1. The zero-order valence-electron chi connectivity index (χ0n) is 13.3. The number of hydrogen-bond acceptors (Lipinski definition) is 3. The van der Waals surface area contributed by atoms with Gasteiger partial charge in [0.25, 0.3) is 5.91 Å². The number of carbonyl (C=O) groups is 1. The van der Waals surface area contributed by atoms with Crippen molar-refractivity contribution in [3.63, 3.8) is 0 Å². The summed E-state index contributed by atoms with van der Waals surface area (Å²) in [6.07, 6.45) is 5.52. The van der Waals surface area contributed by atoms with Gasteiger partial charge < -0.3 is 4.90 Å². The molecule has 6 nitrogen and oxygen atoms in total. The van der Waals surface area contributed by atoms with Crippen LogP contribution in [0.5, 0.6) is 0 Å². The van der Waals surface area contributed by atoms with Gasteiger partial charge >= 0.3 is 0 Å². The third-order valence-electron chi connectivity index (χ3n) is 4.60. The maximum absolute atomic E-state index is 12.6. The number of likely N-dealkylation sites (tertiary alicyclic amines) is 1. The summed E-state index contributed by atoms with van der Waals surface area (Å²) in [6.45, 7) is 1.48. The Labute approximate surface area is 139 Å². The number of benzene rings is 1. The van der Waals surface area contributed by atoms with Gasteiger partial charge in [0.2, 0.25) is 0 Å². The Kier molecular flexibility index (Phi) is 3.86. The molecule has 2 aromatic heterocycles. The van der Waals surface area contributed by atoms with Crippen LogP contribution in [0.15, 0.2) is 48.8 Å². The molecular weight excluding hydrogens is 302 g/mol. The molecule has 1 saturated heterocycles. The number of H-pyrrole nitrogens is 2. The number of carbonyl (C=O) groups excluding carboxylic acids is 1. The number of aromatic amines is 2. The predicted molar refractivity (Wildman–Crippen MR) is 90.5 cm³/mol. The predicted octanol–water partition coefficient (Wildman–Crippen LogP) is 2.82. The molecule has 1 aliphatic heterocycles. The number of hydrogen-bond donors (Lipinski definition) is 2. The van der Waals surface area contributed by atoms with E-state index in [9.17, 15) is 4.79 Å². The number of nitrogens with one attached hydrogen (secondary N) is 2. The number of aromatic nitrogens is 4. The van der Waals surface area contributed by atoms with E-state index in [-0.39, 0.29) is 11.8 Å². The van der Waals surface area contributed by atoms with Crippen LogP contribution in [-0.4, -0.2) is 44.3 Å². The molecule has 1 aliphatic rings. The second kappa shape index (κ2) is 6.31. The first-order valence-corrected chi connectivity index (χ1v) is 8.20. The first-order chi connectivity index (χ1) is 11.8. The lowest BCUT2D eigenvalue weighted by Crippen LogP contribution is -2.39. The molecule has 0 bridgehead atoms. The normalized spacial score (nSPS) is 17.8. The fourth-order valence-corrected chi connectivity index (χ4v) is 3.40. The van der Waals surface area contributed by atoms with E-state index in [0.717, 1.165) is 36.2 Å². The van der Waals surface area contributed by atoms with Gasteiger partial charge in [-0.1, -0.05) is 30.3 Å². The molecule has 1 aromatic carbocycles. The molecule has 0 spiro atoms. The van der Waals surface area contributed by atoms with Gasteiger partial charge in [-0.3, -0.25) is 15.0 Å². The molecule has 0 saturated carbocycles. The topological polar surface area (TPSA) is 77.7 Å². The van der Waals surface area contributed by atoms with E-state index in [1.807, 2.05) is 29.3 Å².